The molecule has 0 radical (unpaired) electrons. The molecule has 0 spiro atoms. The summed E-state index contributed by atoms with van der Waals surface area (Å²) in [5, 5.41) is 0. The van der Waals surface area contributed by atoms with Gasteiger partial charge in [0.1, 0.15) is 0 Å². The van der Waals surface area contributed by atoms with Gasteiger partial charge in [0.05, 0.1) is 22.8 Å². The fourth-order valence-electron chi connectivity index (χ4n) is 7.78. The maximum absolute atomic E-state index is 5.15. The van der Waals surface area contributed by atoms with E-state index in [4.69, 9.17) is 9.97 Å². The van der Waals surface area contributed by atoms with Gasteiger partial charge < -0.3 is 4.90 Å². The van der Waals surface area contributed by atoms with E-state index in [1.165, 1.54) is 49.1 Å². The maximum Gasteiger partial charge on any atom is 0.160 e. The topological polar surface area (TPSA) is 29.0 Å². The van der Waals surface area contributed by atoms with Crippen LogP contribution in [0.5, 0.6) is 0 Å². The number of rotatable bonds is 4. The Labute approximate surface area is 298 Å². The van der Waals surface area contributed by atoms with Gasteiger partial charge in [-0.2, -0.15) is 0 Å². The fourth-order valence-corrected chi connectivity index (χ4v) is 9.14. The summed E-state index contributed by atoms with van der Waals surface area (Å²) in [7, 11) is 0. The standard InChI is InChI=1S/C46H37N3S/c1-45(2)34-19-11-13-21-40(34)49(41-22-14-12-20-35(41)45)33-24-26-43-37(28-33)46(3,4)36-27-32(23-25-42(36)50-43)44-47-38(30-15-7-5-8-16-30)29-39(48-44)31-17-9-6-10-18-31/h5-29H,1-4H3. The first-order valence-corrected chi connectivity index (χ1v) is 18.1. The highest BCUT2D eigenvalue weighted by Gasteiger charge is 2.38. The summed E-state index contributed by atoms with van der Waals surface area (Å²) in [6.07, 6.45) is 0. The first-order chi connectivity index (χ1) is 24.3. The first-order valence-electron chi connectivity index (χ1n) is 17.3. The van der Waals surface area contributed by atoms with Gasteiger partial charge in [0.25, 0.3) is 0 Å². The molecule has 0 amide bonds. The van der Waals surface area contributed by atoms with E-state index >= 15 is 0 Å². The fraction of sp³-hybridized carbons (Fsp3) is 0.130. The van der Waals surface area contributed by atoms with Crippen molar-refractivity contribution in [1.29, 1.82) is 0 Å². The van der Waals surface area contributed by atoms with Crippen molar-refractivity contribution >= 4 is 28.8 Å². The van der Waals surface area contributed by atoms with Gasteiger partial charge in [0.15, 0.2) is 5.82 Å². The molecule has 0 atom stereocenters. The van der Waals surface area contributed by atoms with Crippen LogP contribution in [0.4, 0.5) is 17.1 Å². The molecule has 0 saturated carbocycles. The normalized spacial score (nSPS) is 15.0. The Morgan fingerprint density at radius 3 is 1.50 bits per heavy atom. The van der Waals surface area contributed by atoms with E-state index in [2.05, 4.69) is 172 Å². The number of para-hydroxylation sites is 2. The van der Waals surface area contributed by atoms with Crippen molar-refractivity contribution in [2.45, 2.75) is 48.3 Å². The zero-order valence-electron chi connectivity index (χ0n) is 28.7. The first kappa shape index (κ1) is 30.6. The minimum Gasteiger partial charge on any atom is -0.310 e. The van der Waals surface area contributed by atoms with Crippen LogP contribution in [0.15, 0.2) is 161 Å². The molecule has 6 aromatic carbocycles. The van der Waals surface area contributed by atoms with Crippen LogP contribution in [0, 0.1) is 0 Å². The number of hydrogen-bond acceptors (Lipinski definition) is 4. The molecule has 0 unspecified atom stereocenters. The van der Waals surface area contributed by atoms with Crippen molar-refractivity contribution in [3.8, 4) is 33.9 Å². The summed E-state index contributed by atoms with van der Waals surface area (Å²) in [4.78, 5) is 15.3. The average molecular weight is 664 g/mol. The van der Waals surface area contributed by atoms with Crippen LogP contribution in [0.25, 0.3) is 33.9 Å². The summed E-state index contributed by atoms with van der Waals surface area (Å²) in [5.41, 5.74) is 13.6. The smallest absolute Gasteiger partial charge is 0.160 e. The Morgan fingerprint density at radius 1 is 0.440 bits per heavy atom. The molecule has 3 heterocycles. The predicted octanol–water partition coefficient (Wildman–Crippen LogP) is 12.4. The second-order valence-corrected chi connectivity index (χ2v) is 15.4. The number of benzene rings is 6. The predicted molar refractivity (Wildman–Crippen MR) is 208 cm³/mol. The summed E-state index contributed by atoms with van der Waals surface area (Å²) < 4.78 is 0. The number of hydrogen-bond donors (Lipinski definition) is 0. The van der Waals surface area contributed by atoms with Gasteiger partial charge in [-0.05, 0) is 70.8 Å². The Hall–Kier alpha value is -5.45. The van der Waals surface area contributed by atoms with E-state index in [0.717, 1.165) is 33.9 Å². The minimum atomic E-state index is -0.255. The monoisotopic (exact) mass is 663 g/mol. The van der Waals surface area contributed by atoms with Crippen LogP contribution in [0.3, 0.4) is 0 Å². The van der Waals surface area contributed by atoms with Gasteiger partial charge in [-0.1, -0.05) is 143 Å². The molecular formula is C46H37N3S. The van der Waals surface area contributed by atoms with Crippen LogP contribution in [0.1, 0.15) is 49.9 Å². The lowest BCUT2D eigenvalue weighted by atomic mass is 9.73. The van der Waals surface area contributed by atoms with Crippen LogP contribution in [-0.4, -0.2) is 9.97 Å². The molecular weight excluding hydrogens is 627 g/mol. The maximum atomic E-state index is 5.15. The molecule has 7 aromatic rings. The third kappa shape index (κ3) is 4.89. The molecule has 50 heavy (non-hydrogen) atoms. The second-order valence-electron chi connectivity index (χ2n) is 14.3. The summed E-state index contributed by atoms with van der Waals surface area (Å²) in [6.45, 7) is 9.39. The molecule has 0 fully saturated rings. The molecule has 2 aliphatic heterocycles. The van der Waals surface area contributed by atoms with E-state index in [1.54, 1.807) is 0 Å². The third-order valence-corrected chi connectivity index (χ3v) is 11.7. The highest BCUT2D eigenvalue weighted by molar-refractivity contribution is 7.99. The van der Waals surface area contributed by atoms with E-state index in [1.807, 2.05) is 23.9 Å². The second kappa shape index (κ2) is 11.6. The van der Waals surface area contributed by atoms with Crippen molar-refractivity contribution in [1.82, 2.24) is 9.97 Å². The van der Waals surface area contributed by atoms with Crippen molar-refractivity contribution in [3.05, 3.63) is 174 Å². The van der Waals surface area contributed by atoms with Crippen molar-refractivity contribution in [2.24, 2.45) is 0 Å². The Bertz CT molecular complexity index is 2310. The lowest BCUT2D eigenvalue weighted by molar-refractivity contribution is 0.607. The lowest BCUT2D eigenvalue weighted by Gasteiger charge is -2.42. The minimum absolute atomic E-state index is 0.0946. The molecule has 9 rings (SSSR count). The van der Waals surface area contributed by atoms with E-state index in [-0.39, 0.29) is 10.8 Å². The Kier molecular flexibility index (Phi) is 7.08. The van der Waals surface area contributed by atoms with Crippen LogP contribution >= 0.6 is 11.8 Å². The van der Waals surface area contributed by atoms with Crippen LogP contribution in [0.2, 0.25) is 0 Å². The largest absolute Gasteiger partial charge is 0.310 e. The summed E-state index contributed by atoms with van der Waals surface area (Å²) >= 11 is 1.86. The number of anilines is 3. The van der Waals surface area contributed by atoms with Gasteiger partial charge in [0, 0.05) is 43.0 Å². The molecule has 4 heteroatoms. The number of fused-ring (bicyclic) bond motifs is 4. The van der Waals surface area contributed by atoms with Gasteiger partial charge >= 0.3 is 0 Å². The molecule has 0 saturated heterocycles. The van der Waals surface area contributed by atoms with Gasteiger partial charge in [-0.15, -0.1) is 0 Å². The average Bonchev–Trinajstić information content (AvgIpc) is 3.16. The molecule has 1 aromatic heterocycles. The van der Waals surface area contributed by atoms with Crippen LogP contribution < -0.4 is 4.90 Å². The lowest BCUT2D eigenvalue weighted by Crippen LogP contribution is -2.31. The third-order valence-electron chi connectivity index (χ3n) is 10.5. The molecule has 2 aliphatic rings. The Balaban J connectivity index is 1.16. The van der Waals surface area contributed by atoms with Crippen molar-refractivity contribution < 1.29 is 0 Å². The van der Waals surface area contributed by atoms with E-state index < -0.39 is 0 Å². The zero-order valence-corrected chi connectivity index (χ0v) is 29.5. The van der Waals surface area contributed by atoms with E-state index in [0.29, 0.717) is 0 Å². The zero-order chi connectivity index (χ0) is 34.0. The summed E-state index contributed by atoms with van der Waals surface area (Å²) in [6, 6.07) is 54.4. The van der Waals surface area contributed by atoms with E-state index in [9.17, 15) is 0 Å². The SMILES string of the molecule is CC1(C)c2cc(-c3nc(-c4ccccc4)cc(-c4ccccc4)n3)ccc2Sc2ccc(N3c4ccccc4C(C)(C)c4ccccc43)cc21. The van der Waals surface area contributed by atoms with Gasteiger partial charge in [0.2, 0.25) is 0 Å². The molecule has 0 aliphatic carbocycles. The number of nitrogens with zero attached hydrogens (tertiary/aromatic N) is 3. The summed E-state index contributed by atoms with van der Waals surface area (Å²) in [5.74, 6) is 0.734. The molecule has 242 valence electrons. The van der Waals surface area contributed by atoms with Crippen molar-refractivity contribution in [2.75, 3.05) is 4.90 Å². The highest BCUT2D eigenvalue weighted by atomic mass is 32.2. The highest BCUT2D eigenvalue weighted by Crippen LogP contribution is 2.55. The van der Waals surface area contributed by atoms with Crippen molar-refractivity contribution in [3.63, 3.8) is 0 Å². The van der Waals surface area contributed by atoms with Gasteiger partial charge in [-0.25, -0.2) is 9.97 Å². The quantitative estimate of drug-likeness (QED) is 0.187. The molecule has 0 bridgehead atoms. The molecule has 3 nitrogen and oxygen atoms in total. The number of aromatic nitrogens is 2. The molecule has 0 N–H and O–H groups in total. The Morgan fingerprint density at radius 2 is 0.920 bits per heavy atom. The van der Waals surface area contributed by atoms with Gasteiger partial charge in [-0.3, -0.25) is 0 Å². The van der Waals surface area contributed by atoms with Crippen LogP contribution in [-0.2, 0) is 10.8 Å².